The van der Waals surface area contributed by atoms with E-state index in [1.807, 2.05) is 13.8 Å². The van der Waals surface area contributed by atoms with Crippen molar-refractivity contribution < 1.29 is 9.53 Å². The minimum Gasteiger partial charge on any atom is -0.383 e. The summed E-state index contributed by atoms with van der Waals surface area (Å²) in [4.78, 5) is 13.8. The van der Waals surface area contributed by atoms with Gasteiger partial charge in [-0.25, -0.2) is 0 Å². The topological polar surface area (TPSA) is 53.3 Å². The number of ketones is 1. The molecule has 0 amide bonds. The molecule has 0 aliphatic carbocycles. The second-order valence-corrected chi connectivity index (χ2v) is 4.49. The van der Waals surface area contributed by atoms with Crippen LogP contribution in [0.5, 0.6) is 0 Å². The summed E-state index contributed by atoms with van der Waals surface area (Å²) in [5.74, 6) is 0.00237. The van der Waals surface area contributed by atoms with Crippen molar-refractivity contribution in [3.8, 4) is 6.07 Å². The van der Waals surface area contributed by atoms with E-state index in [-0.39, 0.29) is 11.8 Å². The molecule has 0 fully saturated rings. The molecule has 4 nitrogen and oxygen atoms in total. The molecule has 0 N–H and O–H groups in total. The van der Waals surface area contributed by atoms with Crippen molar-refractivity contribution in [1.82, 2.24) is 0 Å². The first kappa shape index (κ1) is 15.2. The number of methoxy groups -OCH3 is 1. The second kappa shape index (κ2) is 6.91. The molecule has 1 aromatic rings. The van der Waals surface area contributed by atoms with Gasteiger partial charge in [0.2, 0.25) is 0 Å². The lowest BCUT2D eigenvalue weighted by atomic mass is 10.0. The SMILES string of the molecule is CCN(c1cc(C#N)ccc1C(C)=O)C(C)COC. The summed E-state index contributed by atoms with van der Waals surface area (Å²) in [6.45, 7) is 6.92. The summed E-state index contributed by atoms with van der Waals surface area (Å²) in [6, 6.07) is 7.42. The van der Waals surface area contributed by atoms with Crippen molar-refractivity contribution in [1.29, 1.82) is 5.26 Å². The smallest absolute Gasteiger partial charge is 0.161 e. The van der Waals surface area contributed by atoms with Crippen LogP contribution in [0.3, 0.4) is 0 Å². The highest BCUT2D eigenvalue weighted by atomic mass is 16.5. The van der Waals surface area contributed by atoms with E-state index in [1.165, 1.54) is 0 Å². The number of nitriles is 1. The number of hydrogen-bond acceptors (Lipinski definition) is 4. The third-order valence-corrected chi connectivity index (χ3v) is 3.10. The average Bonchev–Trinajstić information content (AvgIpc) is 2.39. The van der Waals surface area contributed by atoms with Crippen LogP contribution in [0.4, 0.5) is 5.69 Å². The maximum atomic E-state index is 11.7. The summed E-state index contributed by atoms with van der Waals surface area (Å²) in [6.07, 6.45) is 0. The van der Waals surface area contributed by atoms with Crippen LogP contribution in [0.25, 0.3) is 0 Å². The molecule has 0 heterocycles. The third kappa shape index (κ3) is 3.55. The van der Waals surface area contributed by atoms with Crippen molar-refractivity contribution in [2.24, 2.45) is 0 Å². The van der Waals surface area contributed by atoms with Crippen molar-refractivity contribution in [2.75, 3.05) is 25.2 Å². The third-order valence-electron chi connectivity index (χ3n) is 3.10. The van der Waals surface area contributed by atoms with Crippen LogP contribution in [0.2, 0.25) is 0 Å². The van der Waals surface area contributed by atoms with Crippen LogP contribution in [0.15, 0.2) is 18.2 Å². The monoisotopic (exact) mass is 260 g/mol. The molecule has 0 bridgehead atoms. The minimum absolute atomic E-state index is 0.00237. The van der Waals surface area contributed by atoms with Gasteiger partial charge in [-0.2, -0.15) is 5.26 Å². The first-order valence-electron chi connectivity index (χ1n) is 6.35. The van der Waals surface area contributed by atoms with Gasteiger partial charge >= 0.3 is 0 Å². The maximum absolute atomic E-state index is 11.7. The van der Waals surface area contributed by atoms with Crippen molar-refractivity contribution in [3.63, 3.8) is 0 Å². The predicted octanol–water partition coefficient (Wildman–Crippen LogP) is 2.62. The van der Waals surface area contributed by atoms with Crippen molar-refractivity contribution >= 4 is 11.5 Å². The zero-order valence-electron chi connectivity index (χ0n) is 11.9. The molecule has 0 saturated carbocycles. The van der Waals surface area contributed by atoms with E-state index in [0.717, 1.165) is 12.2 Å². The fourth-order valence-corrected chi connectivity index (χ4v) is 2.19. The summed E-state index contributed by atoms with van der Waals surface area (Å²) < 4.78 is 5.17. The number of anilines is 1. The van der Waals surface area contributed by atoms with Crippen molar-refractivity contribution in [3.05, 3.63) is 29.3 Å². The molecular weight excluding hydrogens is 240 g/mol. The number of carbonyl (C=O) groups excluding carboxylic acids is 1. The molecule has 0 radical (unpaired) electrons. The van der Waals surface area contributed by atoms with Gasteiger partial charge in [0.25, 0.3) is 0 Å². The molecular formula is C15H20N2O2. The predicted molar refractivity (Wildman–Crippen MR) is 75.5 cm³/mol. The highest BCUT2D eigenvalue weighted by Crippen LogP contribution is 2.24. The number of nitrogens with zero attached hydrogens (tertiary/aromatic N) is 2. The number of hydrogen-bond donors (Lipinski definition) is 0. The fraction of sp³-hybridized carbons (Fsp3) is 0.467. The molecule has 4 heteroatoms. The lowest BCUT2D eigenvalue weighted by molar-refractivity contribution is 0.101. The first-order chi connectivity index (χ1) is 9.04. The Morgan fingerprint density at radius 2 is 2.21 bits per heavy atom. The van der Waals surface area contributed by atoms with Crippen LogP contribution in [0, 0.1) is 11.3 Å². The molecule has 19 heavy (non-hydrogen) atoms. The molecule has 0 saturated heterocycles. The minimum atomic E-state index is 0.00237. The number of carbonyl (C=O) groups is 1. The van der Waals surface area contributed by atoms with Gasteiger partial charge in [0.05, 0.1) is 18.2 Å². The fourth-order valence-electron chi connectivity index (χ4n) is 2.19. The maximum Gasteiger partial charge on any atom is 0.161 e. The number of rotatable bonds is 6. The number of benzene rings is 1. The lowest BCUT2D eigenvalue weighted by Crippen LogP contribution is -2.37. The molecule has 1 unspecified atom stereocenters. The highest BCUT2D eigenvalue weighted by molar-refractivity contribution is 6.00. The Balaban J connectivity index is 3.27. The van der Waals surface area contributed by atoms with Gasteiger partial charge in [0.1, 0.15) is 0 Å². The van der Waals surface area contributed by atoms with Gasteiger partial charge in [-0.3, -0.25) is 4.79 Å². The molecule has 1 aromatic carbocycles. The number of Topliss-reactive ketones (excluding diaryl/α,β-unsaturated/α-hetero) is 1. The molecule has 1 atom stereocenters. The van der Waals surface area contributed by atoms with Crippen LogP contribution < -0.4 is 4.90 Å². The standard InChI is InChI=1S/C15H20N2O2/c1-5-17(11(2)10-19-4)15-8-13(9-16)6-7-14(15)12(3)18/h6-8,11H,5,10H2,1-4H3. The second-order valence-electron chi connectivity index (χ2n) is 4.49. The van der Waals surface area contributed by atoms with Crippen molar-refractivity contribution in [2.45, 2.75) is 26.8 Å². The Morgan fingerprint density at radius 3 is 2.68 bits per heavy atom. The lowest BCUT2D eigenvalue weighted by Gasteiger charge is -2.31. The van der Waals surface area contributed by atoms with Gasteiger partial charge < -0.3 is 9.64 Å². The number of ether oxygens (including phenoxy) is 1. The molecule has 0 aliphatic rings. The van der Waals surface area contributed by atoms with E-state index in [9.17, 15) is 4.79 Å². The van der Waals surface area contributed by atoms with Gasteiger partial charge in [-0.15, -0.1) is 0 Å². The van der Waals surface area contributed by atoms with Crippen LogP contribution in [0.1, 0.15) is 36.7 Å². The number of likely N-dealkylation sites (N-methyl/N-ethyl adjacent to an activating group) is 1. The summed E-state index contributed by atoms with van der Waals surface area (Å²) in [5, 5.41) is 9.01. The Hall–Kier alpha value is -1.86. The zero-order valence-corrected chi connectivity index (χ0v) is 11.9. The van der Waals surface area contributed by atoms with E-state index in [1.54, 1.807) is 32.2 Å². The van der Waals surface area contributed by atoms with E-state index in [4.69, 9.17) is 10.00 Å². The van der Waals surface area contributed by atoms with E-state index in [2.05, 4.69) is 11.0 Å². The Morgan fingerprint density at radius 1 is 1.53 bits per heavy atom. The van der Waals surface area contributed by atoms with E-state index in [0.29, 0.717) is 17.7 Å². The average molecular weight is 260 g/mol. The van der Waals surface area contributed by atoms with Crippen LogP contribution in [-0.4, -0.2) is 32.1 Å². The normalized spacial score (nSPS) is 11.7. The first-order valence-corrected chi connectivity index (χ1v) is 6.35. The molecule has 102 valence electrons. The Kier molecular flexibility index (Phi) is 5.53. The van der Waals surface area contributed by atoms with Crippen LogP contribution in [-0.2, 0) is 4.74 Å². The van der Waals surface area contributed by atoms with Gasteiger partial charge in [0.15, 0.2) is 5.78 Å². The quantitative estimate of drug-likeness (QED) is 0.738. The van der Waals surface area contributed by atoms with E-state index < -0.39 is 0 Å². The largest absolute Gasteiger partial charge is 0.383 e. The highest BCUT2D eigenvalue weighted by Gasteiger charge is 2.18. The Bertz CT molecular complexity index is 491. The van der Waals surface area contributed by atoms with Crippen LogP contribution >= 0.6 is 0 Å². The summed E-state index contributed by atoms with van der Waals surface area (Å²) in [7, 11) is 1.65. The zero-order chi connectivity index (χ0) is 14.4. The molecule has 0 spiro atoms. The summed E-state index contributed by atoms with van der Waals surface area (Å²) >= 11 is 0. The van der Waals surface area contributed by atoms with E-state index >= 15 is 0 Å². The molecule has 1 rings (SSSR count). The molecule has 0 aromatic heterocycles. The Labute approximate surface area is 114 Å². The van der Waals surface area contributed by atoms with Gasteiger partial charge in [-0.05, 0) is 39.0 Å². The van der Waals surface area contributed by atoms with Gasteiger partial charge in [-0.1, -0.05) is 0 Å². The summed E-state index contributed by atoms with van der Waals surface area (Å²) in [5.41, 5.74) is 2.01. The molecule has 0 aliphatic heterocycles. The van der Waals surface area contributed by atoms with Gasteiger partial charge in [0, 0.05) is 30.9 Å².